The summed E-state index contributed by atoms with van der Waals surface area (Å²) in [6, 6.07) is 14.3. The predicted molar refractivity (Wildman–Crippen MR) is 114 cm³/mol. The van der Waals surface area contributed by atoms with Crippen LogP contribution in [0.4, 0.5) is 5.69 Å². The minimum Gasteiger partial charge on any atom is -0.335 e. The average molecular weight is 460 g/mol. The van der Waals surface area contributed by atoms with Gasteiger partial charge in [0, 0.05) is 21.3 Å². The molecule has 0 radical (unpaired) electrons. The second kappa shape index (κ2) is 8.57. The summed E-state index contributed by atoms with van der Waals surface area (Å²) in [4.78, 5) is 23.8. The van der Waals surface area contributed by atoms with Crippen LogP contribution in [0, 0.1) is 0 Å². The number of halogens is 1. The molecule has 3 N–H and O–H groups in total. The average Bonchev–Trinajstić information content (AvgIpc) is 3.03. The van der Waals surface area contributed by atoms with E-state index in [1.165, 1.54) is 23.4 Å². The highest BCUT2D eigenvalue weighted by Crippen LogP contribution is 2.29. The molecule has 144 valence electrons. The molecule has 1 atom stereocenters. The fourth-order valence-corrected chi connectivity index (χ4v) is 3.66. The summed E-state index contributed by atoms with van der Waals surface area (Å²) < 4.78 is 2.22. The Morgan fingerprint density at radius 2 is 1.82 bits per heavy atom. The van der Waals surface area contributed by atoms with Gasteiger partial charge in [-0.25, -0.2) is 4.68 Å². The van der Waals surface area contributed by atoms with Gasteiger partial charge in [0.2, 0.25) is 11.1 Å². The van der Waals surface area contributed by atoms with Crippen LogP contribution < -0.4 is 11.2 Å². The maximum atomic E-state index is 12.5. The van der Waals surface area contributed by atoms with E-state index in [0.29, 0.717) is 22.2 Å². The number of carbonyl (C=O) groups is 2. The molecule has 7 nitrogen and oxygen atoms in total. The third-order valence-electron chi connectivity index (χ3n) is 3.99. The summed E-state index contributed by atoms with van der Waals surface area (Å²) in [6.07, 6.45) is 0. The number of Topliss-reactive ketones (excluding diaryl/α,β-unsaturated/α-hetero) is 1. The molecule has 0 spiro atoms. The van der Waals surface area contributed by atoms with Crippen LogP contribution in [-0.4, -0.2) is 31.8 Å². The number of amides is 1. The largest absolute Gasteiger partial charge is 0.335 e. The summed E-state index contributed by atoms with van der Waals surface area (Å²) in [5, 5.41) is 11.0. The van der Waals surface area contributed by atoms with Gasteiger partial charge in [0.1, 0.15) is 0 Å². The Hall–Kier alpha value is -2.65. The van der Waals surface area contributed by atoms with Gasteiger partial charge in [-0.3, -0.25) is 9.59 Å². The topological polar surface area (TPSA) is 103 Å². The SMILES string of the molecule is CC(=O)c1ccc(NC(=O)[C@H](C)Sc2nnc(-c3ccccc3Br)n2N)cc1. The second-order valence-electron chi connectivity index (χ2n) is 6.04. The number of rotatable bonds is 6. The quantitative estimate of drug-likeness (QED) is 0.330. The van der Waals surface area contributed by atoms with Gasteiger partial charge >= 0.3 is 0 Å². The van der Waals surface area contributed by atoms with Crippen molar-refractivity contribution < 1.29 is 9.59 Å². The fourth-order valence-electron chi connectivity index (χ4n) is 2.43. The number of anilines is 1. The molecule has 9 heteroatoms. The normalized spacial score (nSPS) is 11.8. The molecule has 0 aliphatic rings. The number of nitrogens with two attached hydrogens (primary N) is 1. The van der Waals surface area contributed by atoms with E-state index in [4.69, 9.17) is 5.84 Å². The molecule has 0 saturated heterocycles. The maximum Gasteiger partial charge on any atom is 0.237 e. The standard InChI is InChI=1S/C19H18BrN5O2S/c1-11(26)13-7-9-14(10-8-13)22-18(27)12(2)28-19-24-23-17(25(19)21)15-5-3-4-6-16(15)20/h3-10,12H,21H2,1-2H3,(H,22,27)/t12-/m0/s1. The van der Waals surface area contributed by atoms with E-state index < -0.39 is 5.25 Å². The molecule has 0 unspecified atom stereocenters. The van der Waals surface area contributed by atoms with Crippen LogP contribution >= 0.6 is 27.7 Å². The third kappa shape index (κ3) is 4.42. The van der Waals surface area contributed by atoms with Crippen molar-refractivity contribution in [2.24, 2.45) is 0 Å². The Balaban J connectivity index is 1.69. The predicted octanol–water partition coefficient (Wildman–Crippen LogP) is 3.74. The van der Waals surface area contributed by atoms with Gasteiger partial charge in [-0.05, 0) is 50.2 Å². The zero-order chi connectivity index (χ0) is 20.3. The first-order chi connectivity index (χ1) is 13.4. The van der Waals surface area contributed by atoms with Crippen LogP contribution in [0.5, 0.6) is 0 Å². The van der Waals surface area contributed by atoms with E-state index in [1.54, 1.807) is 31.2 Å². The minimum absolute atomic E-state index is 0.0232. The van der Waals surface area contributed by atoms with Crippen LogP contribution in [0.3, 0.4) is 0 Å². The van der Waals surface area contributed by atoms with E-state index >= 15 is 0 Å². The van der Waals surface area contributed by atoms with Gasteiger partial charge in [0.15, 0.2) is 11.6 Å². The molecule has 0 bridgehead atoms. The lowest BCUT2D eigenvalue weighted by atomic mass is 10.1. The van der Waals surface area contributed by atoms with Crippen LogP contribution in [0.2, 0.25) is 0 Å². The molecular weight excluding hydrogens is 442 g/mol. The minimum atomic E-state index is -0.453. The van der Waals surface area contributed by atoms with Crippen molar-refractivity contribution in [2.75, 3.05) is 11.2 Å². The van der Waals surface area contributed by atoms with Crippen molar-refractivity contribution in [3.8, 4) is 11.4 Å². The zero-order valence-corrected chi connectivity index (χ0v) is 17.6. The number of nitrogen functional groups attached to an aromatic ring is 1. The Morgan fingerprint density at radius 3 is 2.46 bits per heavy atom. The first-order valence-corrected chi connectivity index (χ1v) is 10.1. The van der Waals surface area contributed by atoms with Crippen molar-refractivity contribution in [3.05, 3.63) is 58.6 Å². The van der Waals surface area contributed by atoms with Gasteiger partial charge in [0.05, 0.1) is 5.25 Å². The Kier molecular flexibility index (Phi) is 6.15. The van der Waals surface area contributed by atoms with Crippen molar-refractivity contribution in [1.29, 1.82) is 0 Å². The number of hydrogen-bond acceptors (Lipinski definition) is 6. The first kappa shape index (κ1) is 20.1. The molecule has 0 aliphatic heterocycles. The highest BCUT2D eigenvalue weighted by molar-refractivity contribution is 9.10. The molecule has 1 aromatic heterocycles. The fraction of sp³-hybridized carbons (Fsp3) is 0.158. The monoisotopic (exact) mass is 459 g/mol. The molecular formula is C19H18BrN5O2S. The van der Waals surface area contributed by atoms with Crippen LogP contribution in [-0.2, 0) is 4.79 Å². The summed E-state index contributed by atoms with van der Waals surface area (Å²) >= 11 is 4.68. The zero-order valence-electron chi connectivity index (χ0n) is 15.2. The number of hydrogen-bond donors (Lipinski definition) is 2. The molecule has 0 saturated carbocycles. The lowest BCUT2D eigenvalue weighted by Gasteiger charge is -2.12. The third-order valence-corrected chi connectivity index (χ3v) is 5.74. The van der Waals surface area contributed by atoms with Gasteiger partial charge in [-0.1, -0.05) is 39.8 Å². The Bertz CT molecular complexity index is 1020. The van der Waals surface area contributed by atoms with Crippen molar-refractivity contribution in [2.45, 2.75) is 24.3 Å². The molecule has 3 aromatic rings. The summed E-state index contributed by atoms with van der Waals surface area (Å²) in [6.45, 7) is 3.26. The van der Waals surface area contributed by atoms with Crippen molar-refractivity contribution in [1.82, 2.24) is 14.9 Å². The number of thioether (sulfide) groups is 1. The number of nitrogens with zero attached hydrogens (tertiary/aromatic N) is 3. The smallest absolute Gasteiger partial charge is 0.237 e. The molecule has 0 aliphatic carbocycles. The van der Waals surface area contributed by atoms with Gasteiger partial charge < -0.3 is 11.2 Å². The number of ketones is 1. The maximum absolute atomic E-state index is 12.5. The molecule has 0 fully saturated rings. The second-order valence-corrected chi connectivity index (χ2v) is 8.20. The van der Waals surface area contributed by atoms with Crippen LogP contribution in [0.1, 0.15) is 24.2 Å². The van der Waals surface area contributed by atoms with E-state index in [9.17, 15) is 9.59 Å². The first-order valence-electron chi connectivity index (χ1n) is 8.40. The lowest BCUT2D eigenvalue weighted by molar-refractivity contribution is -0.115. The highest BCUT2D eigenvalue weighted by Gasteiger charge is 2.20. The lowest BCUT2D eigenvalue weighted by Crippen LogP contribution is -2.23. The van der Waals surface area contributed by atoms with E-state index in [-0.39, 0.29) is 11.7 Å². The number of carbonyl (C=O) groups excluding carboxylic acids is 2. The molecule has 1 heterocycles. The Morgan fingerprint density at radius 1 is 1.14 bits per heavy atom. The highest BCUT2D eigenvalue weighted by atomic mass is 79.9. The van der Waals surface area contributed by atoms with Crippen molar-refractivity contribution in [3.63, 3.8) is 0 Å². The summed E-state index contributed by atoms with van der Waals surface area (Å²) in [5.74, 6) is 6.41. The van der Waals surface area contributed by atoms with Gasteiger partial charge in [-0.15, -0.1) is 10.2 Å². The van der Waals surface area contributed by atoms with Gasteiger partial charge in [-0.2, -0.15) is 0 Å². The molecule has 2 aromatic carbocycles. The van der Waals surface area contributed by atoms with E-state index in [1.807, 2.05) is 24.3 Å². The van der Waals surface area contributed by atoms with E-state index in [2.05, 4.69) is 31.4 Å². The van der Waals surface area contributed by atoms with Crippen LogP contribution in [0.15, 0.2) is 58.2 Å². The number of benzene rings is 2. The number of aromatic nitrogens is 3. The summed E-state index contributed by atoms with van der Waals surface area (Å²) in [5.41, 5.74) is 2.02. The van der Waals surface area contributed by atoms with E-state index in [0.717, 1.165) is 10.0 Å². The van der Waals surface area contributed by atoms with Crippen molar-refractivity contribution >= 4 is 45.1 Å². The number of nitrogens with one attached hydrogen (secondary N) is 1. The molecule has 1 amide bonds. The summed E-state index contributed by atoms with van der Waals surface area (Å²) in [7, 11) is 0. The van der Waals surface area contributed by atoms with Crippen LogP contribution in [0.25, 0.3) is 11.4 Å². The van der Waals surface area contributed by atoms with Gasteiger partial charge in [0.25, 0.3) is 0 Å². The molecule has 28 heavy (non-hydrogen) atoms. The molecule has 3 rings (SSSR count). The Labute approximate surface area is 174 Å².